The number of carbonyl (C=O) groups is 1. The molecule has 5 rings (SSSR count). The Bertz CT molecular complexity index is 1290. The minimum absolute atomic E-state index is 0.0849. The second kappa shape index (κ2) is 10.3. The summed E-state index contributed by atoms with van der Waals surface area (Å²) in [5, 5.41) is 7.93. The van der Waals surface area contributed by atoms with Gasteiger partial charge in [-0.3, -0.25) is 10.1 Å². The molecule has 1 amide bonds. The van der Waals surface area contributed by atoms with Gasteiger partial charge in [0.05, 0.1) is 19.1 Å². The van der Waals surface area contributed by atoms with Crippen molar-refractivity contribution in [3.05, 3.63) is 42.6 Å². The number of fused-ring (bicyclic) bond motifs is 1. The van der Waals surface area contributed by atoms with E-state index in [9.17, 15) is 4.79 Å². The summed E-state index contributed by atoms with van der Waals surface area (Å²) in [4.78, 5) is 25.2. The van der Waals surface area contributed by atoms with Crippen LogP contribution >= 0.6 is 11.3 Å². The lowest BCUT2D eigenvalue weighted by atomic mass is 9.97. The zero-order valence-electron chi connectivity index (χ0n) is 19.7. The standard InChI is InChI=1S/C25H27N5O4S/c1-3-32-20-10-9-16(13-21(20)33-4-2)19-14-22(34-29-19)28-23(31)17-7-6-12-30(15-17)25-27-18-8-5-11-26-24(18)35-25/h5,8-11,13-14,17H,3-4,6-7,12,15H2,1-2H3,(H,28,31)/t17-/m1/s1. The van der Waals surface area contributed by atoms with E-state index in [1.54, 1.807) is 23.6 Å². The van der Waals surface area contributed by atoms with E-state index in [0.717, 1.165) is 40.4 Å². The first-order valence-corrected chi connectivity index (χ1v) is 12.6. The molecule has 0 saturated carbocycles. The van der Waals surface area contributed by atoms with E-state index in [0.29, 0.717) is 42.8 Å². The number of nitrogens with one attached hydrogen (secondary N) is 1. The quantitative estimate of drug-likeness (QED) is 0.366. The van der Waals surface area contributed by atoms with Crippen LogP contribution in [0.5, 0.6) is 11.5 Å². The molecule has 3 aromatic heterocycles. The molecule has 0 radical (unpaired) electrons. The van der Waals surface area contributed by atoms with Gasteiger partial charge in [0, 0.05) is 30.9 Å². The molecule has 0 aliphatic carbocycles. The summed E-state index contributed by atoms with van der Waals surface area (Å²) in [5.41, 5.74) is 2.31. The minimum atomic E-state index is -0.174. The molecule has 0 unspecified atom stereocenters. The molecule has 0 spiro atoms. The molecule has 0 bridgehead atoms. The van der Waals surface area contributed by atoms with Crippen molar-refractivity contribution in [2.24, 2.45) is 5.92 Å². The van der Waals surface area contributed by atoms with Crippen LogP contribution in [-0.2, 0) is 4.79 Å². The maximum absolute atomic E-state index is 13.0. The van der Waals surface area contributed by atoms with E-state index >= 15 is 0 Å². The zero-order valence-corrected chi connectivity index (χ0v) is 20.5. The molecule has 182 valence electrons. The fourth-order valence-electron chi connectivity index (χ4n) is 4.16. The molecule has 1 saturated heterocycles. The fourth-order valence-corrected chi connectivity index (χ4v) is 5.11. The molecule has 1 fully saturated rings. The number of hydrogen-bond acceptors (Lipinski definition) is 9. The van der Waals surface area contributed by atoms with Crippen molar-refractivity contribution in [1.82, 2.24) is 15.1 Å². The number of thiazole rings is 1. The van der Waals surface area contributed by atoms with Crippen LogP contribution in [0.3, 0.4) is 0 Å². The third kappa shape index (κ3) is 5.07. The Hall–Kier alpha value is -3.66. The van der Waals surface area contributed by atoms with E-state index in [1.807, 2.05) is 44.2 Å². The average molecular weight is 494 g/mol. The second-order valence-electron chi connectivity index (χ2n) is 8.20. The van der Waals surface area contributed by atoms with Gasteiger partial charge in [-0.1, -0.05) is 16.5 Å². The van der Waals surface area contributed by atoms with Crippen molar-refractivity contribution in [2.45, 2.75) is 26.7 Å². The number of benzene rings is 1. The lowest BCUT2D eigenvalue weighted by Gasteiger charge is -2.31. The summed E-state index contributed by atoms with van der Waals surface area (Å²) < 4.78 is 16.8. The lowest BCUT2D eigenvalue weighted by Crippen LogP contribution is -2.40. The summed E-state index contributed by atoms with van der Waals surface area (Å²) in [5.74, 6) is 1.39. The third-order valence-corrected chi connectivity index (χ3v) is 6.85. The van der Waals surface area contributed by atoms with Gasteiger partial charge in [-0.2, -0.15) is 0 Å². The molecular formula is C25H27N5O4S. The molecule has 9 nitrogen and oxygen atoms in total. The van der Waals surface area contributed by atoms with Gasteiger partial charge in [0.25, 0.3) is 0 Å². The summed E-state index contributed by atoms with van der Waals surface area (Å²) in [6.45, 7) is 6.40. The monoisotopic (exact) mass is 493 g/mol. The molecule has 10 heteroatoms. The van der Waals surface area contributed by atoms with Crippen LogP contribution < -0.4 is 19.7 Å². The number of nitrogens with zero attached hydrogens (tertiary/aromatic N) is 4. The van der Waals surface area contributed by atoms with Crippen LogP contribution in [-0.4, -0.2) is 47.3 Å². The number of piperidine rings is 1. The Balaban J connectivity index is 1.26. The van der Waals surface area contributed by atoms with Crippen LogP contribution in [0.15, 0.2) is 47.1 Å². The van der Waals surface area contributed by atoms with E-state index in [-0.39, 0.29) is 11.8 Å². The first-order valence-electron chi connectivity index (χ1n) is 11.8. The first-order chi connectivity index (χ1) is 17.1. The Morgan fingerprint density at radius 2 is 2.06 bits per heavy atom. The highest BCUT2D eigenvalue weighted by Crippen LogP contribution is 2.34. The predicted octanol–water partition coefficient (Wildman–Crippen LogP) is 5.00. The summed E-state index contributed by atoms with van der Waals surface area (Å²) in [7, 11) is 0. The van der Waals surface area contributed by atoms with Gasteiger partial charge in [-0.05, 0) is 57.0 Å². The van der Waals surface area contributed by atoms with Crippen molar-refractivity contribution in [3.63, 3.8) is 0 Å². The normalized spacial score (nSPS) is 15.8. The first kappa shape index (κ1) is 23.1. The Labute approximate surface area is 207 Å². The second-order valence-corrected chi connectivity index (χ2v) is 9.16. The maximum Gasteiger partial charge on any atom is 0.231 e. The maximum atomic E-state index is 13.0. The number of amides is 1. The fraction of sp³-hybridized carbons (Fsp3) is 0.360. The van der Waals surface area contributed by atoms with Crippen LogP contribution in [0.1, 0.15) is 26.7 Å². The van der Waals surface area contributed by atoms with E-state index in [4.69, 9.17) is 19.0 Å². The topological polar surface area (TPSA) is 103 Å². The molecule has 1 aromatic carbocycles. The number of ether oxygens (including phenoxy) is 2. The van der Waals surface area contributed by atoms with Gasteiger partial charge >= 0.3 is 0 Å². The molecule has 35 heavy (non-hydrogen) atoms. The van der Waals surface area contributed by atoms with Gasteiger partial charge in [0.2, 0.25) is 11.8 Å². The SMILES string of the molecule is CCOc1ccc(-c2cc(NC(=O)[C@@H]3CCCN(c4nc5cccnc5s4)C3)on2)cc1OCC. The van der Waals surface area contributed by atoms with Gasteiger partial charge in [-0.25, -0.2) is 9.97 Å². The molecule has 4 aromatic rings. The number of anilines is 2. The van der Waals surface area contributed by atoms with Crippen molar-refractivity contribution < 1.29 is 18.8 Å². The average Bonchev–Trinajstić information content (AvgIpc) is 3.53. The van der Waals surface area contributed by atoms with Crippen LogP contribution in [0.25, 0.3) is 21.6 Å². The van der Waals surface area contributed by atoms with Gasteiger partial charge in [-0.15, -0.1) is 0 Å². The summed E-state index contributed by atoms with van der Waals surface area (Å²) in [6, 6.07) is 11.2. The van der Waals surface area contributed by atoms with Crippen LogP contribution in [0.2, 0.25) is 0 Å². The van der Waals surface area contributed by atoms with Gasteiger partial charge in [0.1, 0.15) is 16.0 Å². The number of aromatic nitrogens is 3. The zero-order chi connectivity index (χ0) is 24.2. The Kier molecular flexibility index (Phi) is 6.80. The Morgan fingerprint density at radius 1 is 1.20 bits per heavy atom. The molecular weight excluding hydrogens is 466 g/mol. The van der Waals surface area contributed by atoms with E-state index in [1.165, 1.54) is 0 Å². The Morgan fingerprint density at radius 3 is 2.89 bits per heavy atom. The van der Waals surface area contributed by atoms with Gasteiger partial charge in [0.15, 0.2) is 16.6 Å². The molecule has 1 N–H and O–H groups in total. The largest absolute Gasteiger partial charge is 0.490 e. The van der Waals surface area contributed by atoms with Crippen molar-refractivity contribution in [1.29, 1.82) is 0 Å². The van der Waals surface area contributed by atoms with E-state index in [2.05, 4.69) is 20.4 Å². The summed E-state index contributed by atoms with van der Waals surface area (Å²) >= 11 is 1.56. The number of rotatable bonds is 8. The number of pyridine rings is 1. The van der Waals surface area contributed by atoms with Crippen LogP contribution in [0.4, 0.5) is 11.0 Å². The molecule has 1 aliphatic rings. The smallest absolute Gasteiger partial charge is 0.231 e. The van der Waals surface area contributed by atoms with Crippen molar-refractivity contribution in [3.8, 4) is 22.8 Å². The third-order valence-electron chi connectivity index (χ3n) is 5.81. The van der Waals surface area contributed by atoms with Crippen molar-refractivity contribution in [2.75, 3.05) is 36.5 Å². The summed E-state index contributed by atoms with van der Waals surface area (Å²) in [6.07, 6.45) is 3.49. The van der Waals surface area contributed by atoms with Gasteiger partial charge < -0.3 is 18.9 Å². The van der Waals surface area contributed by atoms with Crippen LogP contribution in [0, 0.1) is 5.92 Å². The molecule has 1 aliphatic heterocycles. The van der Waals surface area contributed by atoms with E-state index < -0.39 is 0 Å². The molecule has 1 atom stereocenters. The lowest BCUT2D eigenvalue weighted by molar-refractivity contribution is -0.120. The highest BCUT2D eigenvalue weighted by Gasteiger charge is 2.28. The number of carbonyl (C=O) groups excluding carboxylic acids is 1. The van der Waals surface area contributed by atoms with Crippen molar-refractivity contribution >= 4 is 38.6 Å². The minimum Gasteiger partial charge on any atom is -0.490 e. The predicted molar refractivity (Wildman–Crippen MR) is 135 cm³/mol. The highest BCUT2D eigenvalue weighted by atomic mass is 32.1. The molecule has 4 heterocycles. The highest BCUT2D eigenvalue weighted by molar-refractivity contribution is 7.21. The number of hydrogen-bond donors (Lipinski definition) is 1.